The van der Waals surface area contributed by atoms with E-state index in [4.69, 9.17) is 9.72 Å². The number of benzene rings is 1. The average molecular weight is 678 g/mol. The molecule has 47 heavy (non-hydrogen) atoms. The lowest BCUT2D eigenvalue weighted by Gasteiger charge is -2.27. The van der Waals surface area contributed by atoms with Gasteiger partial charge in [-0.15, -0.1) is 22.7 Å². The van der Waals surface area contributed by atoms with Gasteiger partial charge in [0.25, 0.3) is 11.8 Å². The average Bonchev–Trinajstić information content (AvgIpc) is 3.89. The van der Waals surface area contributed by atoms with Gasteiger partial charge in [0, 0.05) is 23.7 Å². The van der Waals surface area contributed by atoms with Crippen LogP contribution in [0.15, 0.2) is 46.1 Å². The summed E-state index contributed by atoms with van der Waals surface area (Å²) in [6, 6.07) is 6.21. The van der Waals surface area contributed by atoms with Crippen molar-refractivity contribution in [3.05, 3.63) is 68.1 Å². The zero-order valence-corrected chi connectivity index (χ0v) is 28.4. The van der Waals surface area contributed by atoms with Crippen molar-refractivity contribution in [2.24, 2.45) is 10.9 Å². The summed E-state index contributed by atoms with van der Waals surface area (Å²) in [6.07, 6.45) is 1.73. The minimum Gasteiger partial charge on any atom is -0.470 e. The van der Waals surface area contributed by atoms with Crippen LogP contribution in [0.1, 0.15) is 90.8 Å². The first kappa shape index (κ1) is 32.8. The first-order valence-corrected chi connectivity index (χ1v) is 17.8. The van der Waals surface area contributed by atoms with Gasteiger partial charge in [-0.3, -0.25) is 19.2 Å². The molecule has 3 aliphatic heterocycles. The van der Waals surface area contributed by atoms with E-state index in [2.05, 4.69) is 25.9 Å². The van der Waals surface area contributed by atoms with Gasteiger partial charge in [-0.2, -0.15) is 0 Å². The third-order valence-corrected chi connectivity index (χ3v) is 11.0. The molecule has 1 aromatic carbocycles. The number of aromatic nitrogens is 2. The molecule has 2 aromatic heterocycles. The fourth-order valence-electron chi connectivity index (χ4n) is 6.08. The quantitative estimate of drug-likeness (QED) is 0.382. The number of nitrogens with one attached hydrogen (secondary N) is 3. The van der Waals surface area contributed by atoms with E-state index in [0.717, 1.165) is 12.0 Å². The van der Waals surface area contributed by atoms with E-state index in [-0.39, 0.29) is 41.7 Å². The molecule has 7 atom stereocenters. The highest BCUT2D eigenvalue weighted by molar-refractivity contribution is 7.10. The molecule has 6 bridgehead atoms. The summed E-state index contributed by atoms with van der Waals surface area (Å²) >= 11 is 2.63. The number of aliphatic imine (C=N–C) groups is 1. The van der Waals surface area contributed by atoms with Gasteiger partial charge in [-0.1, -0.05) is 50.6 Å². The number of hydrogen-bond acceptors (Lipinski definition) is 10. The molecule has 6 rings (SSSR count). The van der Waals surface area contributed by atoms with Crippen molar-refractivity contribution >= 4 is 52.2 Å². The number of carbonyl (C=O) groups excluding carboxylic acids is 4. The van der Waals surface area contributed by atoms with Crippen LogP contribution < -0.4 is 16.0 Å². The predicted molar refractivity (Wildman–Crippen MR) is 178 cm³/mol. The lowest BCUT2D eigenvalue weighted by Crippen LogP contribution is -2.50. The third kappa shape index (κ3) is 6.93. The Labute approximate surface area is 281 Å². The Morgan fingerprint density at radius 2 is 1.68 bits per heavy atom. The summed E-state index contributed by atoms with van der Waals surface area (Å²) in [5, 5.41) is 13.7. The van der Waals surface area contributed by atoms with E-state index in [1.165, 1.54) is 22.7 Å². The molecule has 3 aromatic rings. The van der Waals surface area contributed by atoms with Crippen LogP contribution in [0.2, 0.25) is 0 Å². The fraction of sp³-hybridized carbons (Fsp3) is 0.485. The Morgan fingerprint density at radius 1 is 0.957 bits per heavy atom. The normalized spacial score (nSPS) is 27.5. The van der Waals surface area contributed by atoms with Gasteiger partial charge in [-0.05, 0) is 38.2 Å². The molecule has 1 saturated heterocycles. The van der Waals surface area contributed by atoms with E-state index < -0.39 is 42.2 Å². The molecule has 0 radical (unpaired) electrons. The van der Waals surface area contributed by atoms with Crippen LogP contribution in [0.5, 0.6) is 0 Å². The minimum absolute atomic E-state index is 0.0204. The Hall–Kier alpha value is -4.17. The standard InChI is InChI=1S/C33H39N7O5S2/c1-5-17(2)25-32-37-23(16-47-32)30-39-26(19(4)45-30)33(44)40-13-9-12-24(40)29(43)34-18(3)31-36-22(15-46-31)28(42)35-21(27(41)38-25)14-20-10-7-6-8-11-20/h6-8,10-11,15-19,21,24-26H,5,9,12-14H2,1-4H3,(H,34,43)(H,35,42)(H,38,41)/t17-,18+,19-,21-,24-,25-,26+/m0/s1. The molecule has 0 spiro atoms. The monoisotopic (exact) mass is 677 g/mol. The maximum absolute atomic E-state index is 14.0. The molecule has 12 nitrogen and oxygen atoms in total. The van der Waals surface area contributed by atoms with Gasteiger partial charge in [0.1, 0.15) is 39.6 Å². The molecule has 3 aliphatic rings. The number of thiazole rings is 2. The molecule has 0 saturated carbocycles. The molecule has 1 fully saturated rings. The van der Waals surface area contributed by atoms with Gasteiger partial charge in [0.15, 0.2) is 6.04 Å². The van der Waals surface area contributed by atoms with Crippen LogP contribution in [0.25, 0.3) is 0 Å². The Morgan fingerprint density at radius 3 is 2.45 bits per heavy atom. The second-order valence-electron chi connectivity index (χ2n) is 12.4. The van der Waals surface area contributed by atoms with Crippen molar-refractivity contribution in [3.8, 4) is 0 Å². The first-order chi connectivity index (χ1) is 22.6. The Balaban J connectivity index is 1.37. The maximum atomic E-state index is 14.0. The second-order valence-corrected chi connectivity index (χ2v) is 14.1. The summed E-state index contributed by atoms with van der Waals surface area (Å²) in [5.41, 5.74) is 1.53. The zero-order chi connectivity index (χ0) is 33.2. The summed E-state index contributed by atoms with van der Waals surface area (Å²) in [7, 11) is 0. The van der Waals surface area contributed by atoms with Crippen LogP contribution in [0.3, 0.4) is 0 Å². The molecule has 5 heterocycles. The first-order valence-electron chi connectivity index (χ1n) is 16.0. The van der Waals surface area contributed by atoms with Crippen molar-refractivity contribution in [1.82, 2.24) is 30.8 Å². The Kier molecular flexibility index (Phi) is 9.69. The van der Waals surface area contributed by atoms with E-state index in [0.29, 0.717) is 35.1 Å². The molecule has 0 unspecified atom stereocenters. The lowest BCUT2D eigenvalue weighted by atomic mass is 9.98. The highest BCUT2D eigenvalue weighted by Crippen LogP contribution is 2.31. The summed E-state index contributed by atoms with van der Waals surface area (Å²) < 4.78 is 6.06. The zero-order valence-electron chi connectivity index (χ0n) is 26.8. The summed E-state index contributed by atoms with van der Waals surface area (Å²) in [4.78, 5) is 70.3. The molecule has 3 N–H and O–H groups in total. The van der Waals surface area contributed by atoms with Crippen molar-refractivity contribution in [2.45, 2.75) is 89.7 Å². The number of fused-ring (bicyclic) bond motifs is 7. The SMILES string of the molecule is CC[C@H](C)[C@@H]1NC(=O)[C@H](Cc2ccccc2)NC(=O)c2csc(n2)[C@@H](C)NC(=O)[C@@H]2CCCN2C(=O)[C@@H]2N=C(O[C@H]2C)c2csc1n2. The number of nitrogens with zero attached hydrogens (tertiary/aromatic N) is 4. The molecule has 4 amide bonds. The topological polar surface area (TPSA) is 155 Å². The van der Waals surface area contributed by atoms with E-state index in [9.17, 15) is 19.2 Å². The minimum atomic E-state index is -0.893. The maximum Gasteiger partial charge on any atom is 0.271 e. The fourth-order valence-corrected chi connectivity index (χ4v) is 7.86. The summed E-state index contributed by atoms with van der Waals surface area (Å²) in [5.74, 6) is -1.10. The number of carbonyl (C=O) groups is 4. The smallest absolute Gasteiger partial charge is 0.271 e. The van der Waals surface area contributed by atoms with Crippen LogP contribution in [0, 0.1) is 5.92 Å². The van der Waals surface area contributed by atoms with Crippen molar-refractivity contribution in [3.63, 3.8) is 0 Å². The number of amides is 4. The lowest BCUT2D eigenvalue weighted by molar-refractivity contribution is -0.140. The highest BCUT2D eigenvalue weighted by Gasteiger charge is 2.43. The van der Waals surface area contributed by atoms with E-state index in [1.807, 2.05) is 49.6 Å². The van der Waals surface area contributed by atoms with Crippen molar-refractivity contribution in [1.29, 1.82) is 0 Å². The molecular weight excluding hydrogens is 639 g/mol. The second kappa shape index (κ2) is 13.9. The number of ether oxygens (including phenoxy) is 1. The van der Waals surface area contributed by atoms with Crippen LogP contribution in [-0.2, 0) is 25.5 Å². The van der Waals surface area contributed by atoms with Crippen LogP contribution in [-0.4, -0.2) is 75.2 Å². The van der Waals surface area contributed by atoms with E-state index >= 15 is 0 Å². The molecule has 248 valence electrons. The number of hydrogen-bond donors (Lipinski definition) is 3. The van der Waals surface area contributed by atoms with Gasteiger partial charge in [0.05, 0.1) is 12.1 Å². The van der Waals surface area contributed by atoms with Crippen molar-refractivity contribution < 1.29 is 23.9 Å². The third-order valence-electron chi connectivity index (χ3n) is 9.00. The molecular formula is C33H39N7O5S2. The Bertz CT molecular complexity index is 1670. The molecule has 14 heteroatoms. The summed E-state index contributed by atoms with van der Waals surface area (Å²) in [6.45, 7) is 8.12. The van der Waals surface area contributed by atoms with Gasteiger partial charge in [-0.25, -0.2) is 15.0 Å². The number of rotatable bonds is 4. The molecule has 0 aliphatic carbocycles. The predicted octanol–water partition coefficient (Wildman–Crippen LogP) is 3.56. The van der Waals surface area contributed by atoms with Crippen LogP contribution >= 0.6 is 22.7 Å². The van der Waals surface area contributed by atoms with Crippen molar-refractivity contribution in [2.75, 3.05) is 6.54 Å². The van der Waals surface area contributed by atoms with Gasteiger partial charge >= 0.3 is 0 Å². The van der Waals surface area contributed by atoms with Crippen LogP contribution in [0.4, 0.5) is 0 Å². The van der Waals surface area contributed by atoms with Gasteiger partial charge in [0.2, 0.25) is 17.7 Å². The largest absolute Gasteiger partial charge is 0.470 e. The highest BCUT2D eigenvalue weighted by atomic mass is 32.1. The van der Waals surface area contributed by atoms with E-state index in [1.54, 1.807) is 24.1 Å². The van der Waals surface area contributed by atoms with Gasteiger partial charge < -0.3 is 25.6 Å².